The van der Waals surface area contributed by atoms with Gasteiger partial charge in [0.25, 0.3) is 0 Å². The summed E-state index contributed by atoms with van der Waals surface area (Å²) in [5, 5.41) is 19.4. The van der Waals surface area contributed by atoms with E-state index in [9.17, 15) is 5.26 Å². The Labute approximate surface area is 547 Å². The molecule has 95 heavy (non-hydrogen) atoms. The third kappa shape index (κ3) is 8.25. The molecule has 0 saturated heterocycles. The van der Waals surface area contributed by atoms with Gasteiger partial charge in [-0.3, -0.25) is 0 Å². The second-order valence-corrected chi connectivity index (χ2v) is 24.7. The summed E-state index contributed by atoms with van der Waals surface area (Å²) in [6.07, 6.45) is 0. The minimum absolute atomic E-state index is 0.577. The van der Waals surface area contributed by atoms with Crippen molar-refractivity contribution in [3.63, 3.8) is 0 Å². The molecule has 0 aliphatic heterocycles. The fourth-order valence-electron chi connectivity index (χ4n) is 15.5. The van der Waals surface area contributed by atoms with Crippen molar-refractivity contribution in [1.82, 2.24) is 23.7 Å². The Bertz CT molecular complexity index is 6240. The Hall–Kier alpha value is -12.9. The summed E-state index contributed by atoms with van der Waals surface area (Å²) in [4.78, 5) is 13.6. The molecular weight excluding hydrogens is 1160 g/mol. The number of anilines is 2. The molecule has 14 aromatic carbocycles. The molecule has 0 N–H and O–H groups in total. The van der Waals surface area contributed by atoms with E-state index in [1.807, 2.05) is 24.3 Å². The Morgan fingerprint density at radius 1 is 0.316 bits per heavy atom. The molecule has 0 saturated carbocycles. The quantitative estimate of drug-likeness (QED) is 0.137. The molecule has 0 atom stereocenters. The number of benzene rings is 14. The lowest BCUT2D eigenvalue weighted by atomic mass is 9.91. The Balaban J connectivity index is 0.858. The number of rotatable bonds is 10. The fraction of sp³-hybridized carbons (Fsp3) is 0.0114. The molecule has 1 aliphatic rings. The predicted octanol–water partition coefficient (Wildman–Crippen LogP) is 22.5. The Kier molecular flexibility index (Phi) is 12.1. The van der Waals surface area contributed by atoms with Crippen LogP contribution in [0.15, 0.2) is 315 Å². The van der Waals surface area contributed by atoms with Gasteiger partial charge in [0, 0.05) is 95.6 Å². The van der Waals surface area contributed by atoms with Gasteiger partial charge in [-0.25, -0.2) is 9.97 Å². The first-order chi connectivity index (χ1) is 47.0. The highest BCUT2D eigenvalue weighted by atomic mass is 15.1. The summed E-state index contributed by atoms with van der Waals surface area (Å²) in [5.74, 6) is 0.585. The highest BCUT2D eigenvalue weighted by Gasteiger charge is 2.30. The topological polar surface area (TPSA) is 67.6 Å². The Morgan fingerprint density at radius 2 is 0.737 bits per heavy atom. The van der Waals surface area contributed by atoms with Crippen molar-refractivity contribution in [3.8, 4) is 102 Å². The standard InChI is InChI=1S/C88H55N7/c1-92(74-40-14-10-31-65(74)63-29-8-9-30-64(63)66-35-20-44-78-82(66)69-32-11-15-41-75(69)93(78)59-25-4-2-5-26-59)61-51-58(86-85-72-38-18-23-56-24-19-39-73(81(56)72)87(85)91-88(90-86)57-49-47-55(54-89)48-50-57)52-62(53-61)95-77-43-17-13-34-71(77)84-68(37-22-46-80(84)95)67-36-21-45-79-83(67)70-33-12-16-42-76(70)94(79)60-27-6-3-7-28-60/h2-53H,1H3. The fourth-order valence-corrected chi connectivity index (χ4v) is 15.5. The molecule has 442 valence electrons. The number of para-hydroxylation sites is 6. The lowest BCUT2D eigenvalue weighted by molar-refractivity contribution is 1.15. The van der Waals surface area contributed by atoms with Crippen LogP contribution in [-0.2, 0) is 0 Å². The van der Waals surface area contributed by atoms with Gasteiger partial charge in [-0.15, -0.1) is 0 Å². The molecule has 1 aliphatic carbocycles. The maximum Gasteiger partial charge on any atom is 0.160 e. The number of aromatic nitrogens is 5. The van der Waals surface area contributed by atoms with Crippen molar-refractivity contribution in [2.75, 3.05) is 11.9 Å². The lowest BCUT2D eigenvalue weighted by Crippen LogP contribution is -2.12. The minimum atomic E-state index is 0.577. The van der Waals surface area contributed by atoms with Crippen molar-refractivity contribution < 1.29 is 0 Å². The largest absolute Gasteiger partial charge is 0.344 e. The van der Waals surface area contributed by atoms with Crippen LogP contribution in [0, 0.1) is 11.3 Å². The summed E-state index contributed by atoms with van der Waals surface area (Å²) in [6, 6.07) is 116. The third-order valence-electron chi connectivity index (χ3n) is 19.6. The van der Waals surface area contributed by atoms with E-state index >= 15 is 0 Å². The van der Waals surface area contributed by atoms with E-state index in [1.54, 1.807) is 0 Å². The molecule has 7 heteroatoms. The average Bonchev–Trinajstić information content (AvgIpc) is 1.60. The second kappa shape index (κ2) is 21.4. The van der Waals surface area contributed by atoms with Gasteiger partial charge in [0.15, 0.2) is 5.82 Å². The van der Waals surface area contributed by atoms with Gasteiger partial charge in [0.1, 0.15) is 0 Å². The summed E-state index contributed by atoms with van der Waals surface area (Å²) in [5.41, 5.74) is 26.1. The first-order valence-corrected chi connectivity index (χ1v) is 32.3. The van der Waals surface area contributed by atoms with Gasteiger partial charge < -0.3 is 18.6 Å². The van der Waals surface area contributed by atoms with Crippen molar-refractivity contribution in [1.29, 1.82) is 5.26 Å². The molecule has 4 aromatic heterocycles. The molecule has 0 radical (unpaired) electrons. The average molecular weight is 1210 g/mol. The highest BCUT2D eigenvalue weighted by Crippen LogP contribution is 2.53. The van der Waals surface area contributed by atoms with Gasteiger partial charge in [0.2, 0.25) is 0 Å². The molecule has 0 amide bonds. The van der Waals surface area contributed by atoms with Crippen molar-refractivity contribution in [2.45, 2.75) is 0 Å². The molecule has 0 bridgehead atoms. The number of fused-ring (bicyclic) bond motifs is 12. The van der Waals surface area contributed by atoms with Crippen LogP contribution >= 0.6 is 0 Å². The van der Waals surface area contributed by atoms with E-state index < -0.39 is 0 Å². The van der Waals surface area contributed by atoms with E-state index in [0.717, 1.165) is 139 Å². The van der Waals surface area contributed by atoms with Crippen LogP contribution in [-0.4, -0.2) is 30.7 Å². The second-order valence-electron chi connectivity index (χ2n) is 24.7. The SMILES string of the molecule is CN(c1cc(-c2nc(-c3ccc(C#N)cc3)nc3c2-c2cccc4cccc-3c24)cc(-n2c3ccccc3c3c(-c4cccc5c4c4ccccc4n5-c4ccccc4)cccc32)c1)c1ccccc1-c1ccccc1-c1cccc2c1c1ccccc1n2-c1ccccc1. The zero-order chi connectivity index (χ0) is 62.8. The van der Waals surface area contributed by atoms with Crippen molar-refractivity contribution in [3.05, 3.63) is 321 Å². The minimum Gasteiger partial charge on any atom is -0.344 e. The molecule has 18 aromatic rings. The molecule has 0 unspecified atom stereocenters. The van der Waals surface area contributed by atoms with Crippen molar-refractivity contribution in [2.24, 2.45) is 0 Å². The van der Waals surface area contributed by atoms with Gasteiger partial charge in [-0.2, -0.15) is 5.26 Å². The normalized spacial score (nSPS) is 11.8. The number of nitriles is 1. The van der Waals surface area contributed by atoms with Crippen LogP contribution < -0.4 is 4.90 Å². The van der Waals surface area contributed by atoms with E-state index in [0.29, 0.717) is 11.4 Å². The number of hydrogen-bond donors (Lipinski definition) is 0. The van der Waals surface area contributed by atoms with Crippen LogP contribution in [0.25, 0.3) is 172 Å². The summed E-state index contributed by atoms with van der Waals surface area (Å²) in [7, 11) is 2.21. The molecule has 0 fully saturated rings. The monoisotopic (exact) mass is 1210 g/mol. The summed E-state index contributed by atoms with van der Waals surface area (Å²) >= 11 is 0. The zero-order valence-electron chi connectivity index (χ0n) is 51.7. The predicted molar refractivity (Wildman–Crippen MR) is 393 cm³/mol. The molecule has 7 nitrogen and oxygen atoms in total. The van der Waals surface area contributed by atoms with Crippen LogP contribution in [0.3, 0.4) is 0 Å². The van der Waals surface area contributed by atoms with E-state index in [-0.39, 0.29) is 0 Å². The Morgan fingerprint density at radius 3 is 1.29 bits per heavy atom. The zero-order valence-corrected chi connectivity index (χ0v) is 51.7. The highest BCUT2D eigenvalue weighted by molar-refractivity contribution is 6.23. The summed E-state index contributed by atoms with van der Waals surface area (Å²) in [6.45, 7) is 0. The summed E-state index contributed by atoms with van der Waals surface area (Å²) < 4.78 is 7.26. The van der Waals surface area contributed by atoms with Crippen LogP contribution in [0.1, 0.15) is 5.56 Å². The van der Waals surface area contributed by atoms with Crippen molar-refractivity contribution >= 4 is 87.6 Å². The van der Waals surface area contributed by atoms with E-state index in [4.69, 9.17) is 9.97 Å². The molecule has 4 heterocycles. The lowest BCUT2D eigenvalue weighted by Gasteiger charge is -2.26. The molecule has 19 rings (SSSR count). The first-order valence-electron chi connectivity index (χ1n) is 32.3. The van der Waals surface area contributed by atoms with Crippen LogP contribution in [0.2, 0.25) is 0 Å². The van der Waals surface area contributed by atoms with E-state index in [2.05, 4.69) is 323 Å². The molecule has 0 spiro atoms. The maximum atomic E-state index is 9.96. The van der Waals surface area contributed by atoms with Crippen LogP contribution in [0.5, 0.6) is 0 Å². The van der Waals surface area contributed by atoms with Gasteiger partial charge in [-0.1, -0.05) is 206 Å². The first kappa shape index (κ1) is 53.9. The van der Waals surface area contributed by atoms with Crippen LogP contribution in [0.4, 0.5) is 11.4 Å². The van der Waals surface area contributed by atoms with Gasteiger partial charge >= 0.3 is 0 Å². The third-order valence-corrected chi connectivity index (χ3v) is 19.6. The smallest absolute Gasteiger partial charge is 0.160 e. The van der Waals surface area contributed by atoms with E-state index in [1.165, 1.54) is 38.1 Å². The van der Waals surface area contributed by atoms with Gasteiger partial charge in [0.05, 0.1) is 56.1 Å². The number of nitrogens with zero attached hydrogens (tertiary/aromatic N) is 7. The maximum absolute atomic E-state index is 9.96. The van der Waals surface area contributed by atoms with Gasteiger partial charge in [-0.05, 0) is 153 Å². The number of hydrogen-bond acceptors (Lipinski definition) is 4. The molecular formula is C88H55N7.